The first-order valence-corrected chi connectivity index (χ1v) is 7.63. The fourth-order valence-corrected chi connectivity index (χ4v) is 3.42. The Kier molecular flexibility index (Phi) is 3.99. The van der Waals surface area contributed by atoms with Crippen LogP contribution in [0.4, 0.5) is 0 Å². The van der Waals surface area contributed by atoms with Crippen LogP contribution in [-0.4, -0.2) is 29.0 Å². The number of likely N-dealkylation sites (tertiary alicyclic amines) is 1. The average molecular weight is 269 g/mol. The molecule has 3 nitrogen and oxygen atoms in total. The lowest BCUT2D eigenvalue weighted by Gasteiger charge is -2.33. The monoisotopic (exact) mass is 269 g/mol. The molecule has 1 saturated heterocycles. The van der Waals surface area contributed by atoms with Gasteiger partial charge in [0.05, 0.1) is 6.04 Å². The molecule has 2 atom stereocenters. The molecule has 20 heavy (non-hydrogen) atoms. The third-order valence-corrected chi connectivity index (χ3v) is 4.46. The van der Waals surface area contributed by atoms with E-state index in [1.165, 1.54) is 29.2 Å². The molecule has 0 amide bonds. The van der Waals surface area contributed by atoms with Crippen molar-refractivity contribution in [2.45, 2.75) is 38.3 Å². The summed E-state index contributed by atoms with van der Waals surface area (Å²) >= 11 is 0. The number of hydrogen-bond acceptors (Lipinski definition) is 3. The number of nitrogens with zero attached hydrogens (tertiary/aromatic N) is 2. The van der Waals surface area contributed by atoms with E-state index in [2.05, 4.69) is 41.1 Å². The molecule has 0 radical (unpaired) electrons. The predicted octanol–water partition coefficient (Wildman–Crippen LogP) is 3.11. The Bertz CT molecular complexity index is 576. The van der Waals surface area contributed by atoms with Gasteiger partial charge in [0.2, 0.25) is 0 Å². The summed E-state index contributed by atoms with van der Waals surface area (Å²) in [5.41, 5.74) is 7.79. The van der Waals surface area contributed by atoms with Gasteiger partial charge in [-0.2, -0.15) is 0 Å². The number of hydrogen-bond donors (Lipinski definition) is 1. The minimum atomic E-state index is 0.199. The van der Waals surface area contributed by atoms with Crippen LogP contribution in [0, 0.1) is 0 Å². The van der Waals surface area contributed by atoms with Crippen molar-refractivity contribution in [3.63, 3.8) is 0 Å². The first-order chi connectivity index (χ1) is 9.81. The van der Waals surface area contributed by atoms with E-state index in [9.17, 15) is 0 Å². The van der Waals surface area contributed by atoms with Crippen LogP contribution in [0.2, 0.25) is 0 Å². The number of fused-ring (bicyclic) bond motifs is 1. The van der Waals surface area contributed by atoms with E-state index in [0.717, 1.165) is 19.5 Å². The second-order valence-corrected chi connectivity index (χ2v) is 5.68. The highest BCUT2D eigenvalue weighted by molar-refractivity contribution is 5.85. The van der Waals surface area contributed by atoms with E-state index in [1.54, 1.807) is 0 Å². The fourth-order valence-electron chi connectivity index (χ4n) is 3.42. The smallest absolute Gasteiger partial charge is 0.0520 e. The maximum Gasteiger partial charge on any atom is 0.0520 e. The van der Waals surface area contributed by atoms with Crippen molar-refractivity contribution >= 4 is 10.8 Å². The van der Waals surface area contributed by atoms with Gasteiger partial charge in [-0.1, -0.05) is 37.6 Å². The Balaban J connectivity index is 2.11. The number of nitrogens with two attached hydrogens (primary N) is 1. The molecule has 1 aromatic heterocycles. The van der Waals surface area contributed by atoms with Crippen molar-refractivity contribution in [2.24, 2.45) is 5.73 Å². The summed E-state index contributed by atoms with van der Waals surface area (Å²) in [7, 11) is 0. The van der Waals surface area contributed by atoms with Gasteiger partial charge in [-0.25, -0.2) is 0 Å². The number of benzene rings is 1. The average Bonchev–Trinajstić information content (AvgIpc) is 2.68. The number of aromatic nitrogens is 1. The van der Waals surface area contributed by atoms with E-state index >= 15 is 0 Å². The van der Waals surface area contributed by atoms with Gasteiger partial charge in [-0.05, 0) is 36.9 Å². The molecule has 2 heterocycles. The highest BCUT2D eigenvalue weighted by Crippen LogP contribution is 2.33. The molecular formula is C17H23N3. The molecular weight excluding hydrogens is 246 g/mol. The van der Waals surface area contributed by atoms with Gasteiger partial charge in [0.1, 0.15) is 0 Å². The summed E-state index contributed by atoms with van der Waals surface area (Å²) in [6.45, 7) is 4.41. The van der Waals surface area contributed by atoms with Crippen molar-refractivity contribution in [1.29, 1.82) is 0 Å². The molecule has 2 unspecified atom stereocenters. The number of likely N-dealkylation sites (N-methyl/N-ethyl adjacent to an activating group) is 1. The van der Waals surface area contributed by atoms with Gasteiger partial charge in [0, 0.05) is 23.8 Å². The molecule has 1 aliphatic rings. The van der Waals surface area contributed by atoms with Gasteiger partial charge >= 0.3 is 0 Å². The number of pyridine rings is 1. The van der Waals surface area contributed by atoms with E-state index in [-0.39, 0.29) is 6.04 Å². The van der Waals surface area contributed by atoms with E-state index < -0.39 is 0 Å². The first kappa shape index (κ1) is 13.5. The van der Waals surface area contributed by atoms with E-state index in [4.69, 9.17) is 5.73 Å². The Morgan fingerprint density at radius 1 is 1.25 bits per heavy atom. The summed E-state index contributed by atoms with van der Waals surface area (Å²) in [5.74, 6) is 0. The Morgan fingerprint density at radius 3 is 2.95 bits per heavy atom. The van der Waals surface area contributed by atoms with Crippen molar-refractivity contribution in [3.8, 4) is 0 Å². The Morgan fingerprint density at radius 2 is 2.10 bits per heavy atom. The lowest BCUT2D eigenvalue weighted by molar-refractivity contribution is 0.196. The fraction of sp³-hybridized carbons (Fsp3) is 0.471. The van der Waals surface area contributed by atoms with Gasteiger partial charge < -0.3 is 5.73 Å². The summed E-state index contributed by atoms with van der Waals surface area (Å²) in [4.78, 5) is 6.95. The van der Waals surface area contributed by atoms with Crippen LogP contribution in [0.15, 0.2) is 36.7 Å². The largest absolute Gasteiger partial charge is 0.326 e. The van der Waals surface area contributed by atoms with Crippen LogP contribution in [0.5, 0.6) is 0 Å². The molecule has 0 bridgehead atoms. The quantitative estimate of drug-likeness (QED) is 0.911. The second-order valence-electron chi connectivity index (χ2n) is 5.68. The minimum absolute atomic E-state index is 0.199. The zero-order valence-electron chi connectivity index (χ0n) is 12.1. The second kappa shape index (κ2) is 5.90. The SMILES string of the molecule is CCN1CCCCC(N)C1c1cncc2ccccc12. The highest BCUT2D eigenvalue weighted by Gasteiger charge is 2.29. The molecule has 2 aromatic rings. The molecule has 1 aromatic carbocycles. The molecule has 106 valence electrons. The highest BCUT2D eigenvalue weighted by atomic mass is 15.2. The predicted molar refractivity (Wildman–Crippen MR) is 83.6 cm³/mol. The van der Waals surface area contributed by atoms with Crippen LogP contribution in [0.3, 0.4) is 0 Å². The summed E-state index contributed by atoms with van der Waals surface area (Å²) < 4.78 is 0. The number of rotatable bonds is 2. The molecule has 0 spiro atoms. The van der Waals surface area contributed by atoms with Crippen LogP contribution in [0.1, 0.15) is 37.8 Å². The van der Waals surface area contributed by atoms with Crippen molar-refractivity contribution in [3.05, 3.63) is 42.2 Å². The Hall–Kier alpha value is -1.45. The van der Waals surface area contributed by atoms with Crippen molar-refractivity contribution in [2.75, 3.05) is 13.1 Å². The lowest BCUT2D eigenvalue weighted by atomic mass is 9.94. The topological polar surface area (TPSA) is 42.1 Å². The van der Waals surface area contributed by atoms with Gasteiger partial charge in [-0.3, -0.25) is 9.88 Å². The summed E-state index contributed by atoms with van der Waals surface area (Å²) in [6, 6.07) is 8.98. The zero-order valence-corrected chi connectivity index (χ0v) is 12.1. The van der Waals surface area contributed by atoms with Crippen molar-refractivity contribution < 1.29 is 0 Å². The summed E-state index contributed by atoms with van der Waals surface area (Å²) in [6.07, 6.45) is 7.53. The zero-order chi connectivity index (χ0) is 13.9. The van der Waals surface area contributed by atoms with Crippen molar-refractivity contribution in [1.82, 2.24) is 9.88 Å². The molecule has 2 N–H and O–H groups in total. The normalized spacial score (nSPS) is 24.7. The summed E-state index contributed by atoms with van der Waals surface area (Å²) in [5, 5.41) is 2.50. The van der Waals surface area contributed by atoms with E-state index in [1.807, 2.05) is 12.4 Å². The third kappa shape index (κ3) is 2.43. The Labute approximate surface area is 120 Å². The van der Waals surface area contributed by atoms with Crippen LogP contribution < -0.4 is 5.73 Å². The van der Waals surface area contributed by atoms with Gasteiger partial charge in [-0.15, -0.1) is 0 Å². The van der Waals surface area contributed by atoms with Gasteiger partial charge in [0.15, 0.2) is 0 Å². The minimum Gasteiger partial charge on any atom is -0.326 e. The molecule has 1 fully saturated rings. The molecule has 1 aliphatic heterocycles. The standard InChI is InChI=1S/C17H23N3/c1-2-20-10-6-5-9-16(18)17(20)15-12-19-11-13-7-3-4-8-14(13)15/h3-4,7-8,11-12,16-17H,2,5-6,9-10,18H2,1H3. The third-order valence-electron chi connectivity index (χ3n) is 4.46. The molecule has 0 aliphatic carbocycles. The van der Waals surface area contributed by atoms with E-state index in [0.29, 0.717) is 6.04 Å². The van der Waals surface area contributed by atoms with Gasteiger partial charge in [0.25, 0.3) is 0 Å². The molecule has 3 rings (SSSR count). The molecule has 3 heteroatoms. The molecule has 0 saturated carbocycles. The maximum absolute atomic E-state index is 6.50. The first-order valence-electron chi connectivity index (χ1n) is 7.63. The maximum atomic E-state index is 6.50. The lowest BCUT2D eigenvalue weighted by Crippen LogP contribution is -2.39. The van der Waals surface area contributed by atoms with Crippen LogP contribution >= 0.6 is 0 Å². The van der Waals surface area contributed by atoms with Crippen LogP contribution in [0.25, 0.3) is 10.8 Å². The van der Waals surface area contributed by atoms with Crippen LogP contribution in [-0.2, 0) is 0 Å².